The van der Waals surface area contributed by atoms with Gasteiger partial charge in [-0.05, 0) is 48.7 Å². The lowest BCUT2D eigenvalue weighted by Gasteiger charge is -2.14. The molecule has 2 aromatic rings. The van der Waals surface area contributed by atoms with Crippen molar-refractivity contribution < 1.29 is 29.7 Å². The zero-order chi connectivity index (χ0) is 24.8. The molecule has 0 radical (unpaired) electrons. The SMILES string of the molecule is CCCCCCCCCCOc1ccc(/C(=N\O)c2cccc(C(=O)O)c2)cc1CCC(=O)O. The van der Waals surface area contributed by atoms with Crippen LogP contribution >= 0.6 is 0 Å². The molecule has 0 heterocycles. The molecule has 2 aromatic carbocycles. The molecule has 0 unspecified atom stereocenters. The molecule has 34 heavy (non-hydrogen) atoms. The van der Waals surface area contributed by atoms with E-state index in [4.69, 9.17) is 9.84 Å². The summed E-state index contributed by atoms with van der Waals surface area (Å²) < 4.78 is 5.97. The fourth-order valence-corrected chi connectivity index (χ4v) is 3.80. The van der Waals surface area contributed by atoms with Gasteiger partial charge in [0.25, 0.3) is 0 Å². The van der Waals surface area contributed by atoms with Crippen LogP contribution in [0.3, 0.4) is 0 Å². The summed E-state index contributed by atoms with van der Waals surface area (Å²) in [5.41, 5.74) is 1.98. The first-order valence-electron chi connectivity index (χ1n) is 12.0. The Hall–Kier alpha value is -3.35. The molecule has 0 atom stereocenters. The third kappa shape index (κ3) is 8.89. The molecule has 0 saturated heterocycles. The van der Waals surface area contributed by atoms with E-state index in [9.17, 15) is 19.9 Å². The first-order valence-corrected chi connectivity index (χ1v) is 12.0. The molecule has 7 nitrogen and oxygen atoms in total. The molecule has 0 aliphatic rings. The number of rotatable bonds is 16. The highest BCUT2D eigenvalue weighted by molar-refractivity contribution is 6.13. The second-order valence-corrected chi connectivity index (χ2v) is 8.37. The highest BCUT2D eigenvalue weighted by Gasteiger charge is 2.15. The van der Waals surface area contributed by atoms with Crippen LogP contribution in [0.4, 0.5) is 0 Å². The molecule has 0 aromatic heterocycles. The van der Waals surface area contributed by atoms with Crippen LogP contribution in [-0.2, 0) is 11.2 Å². The van der Waals surface area contributed by atoms with Crippen molar-refractivity contribution in [1.82, 2.24) is 0 Å². The van der Waals surface area contributed by atoms with Gasteiger partial charge in [-0.25, -0.2) is 4.79 Å². The van der Waals surface area contributed by atoms with E-state index in [0.717, 1.165) is 12.8 Å². The van der Waals surface area contributed by atoms with Crippen LogP contribution in [0.1, 0.15) is 91.8 Å². The Bertz CT molecular complexity index is 969. The second-order valence-electron chi connectivity index (χ2n) is 8.37. The first kappa shape index (κ1) is 26.9. The van der Waals surface area contributed by atoms with Gasteiger partial charge in [-0.2, -0.15) is 0 Å². The summed E-state index contributed by atoms with van der Waals surface area (Å²) in [5, 5.41) is 31.4. The maximum atomic E-state index is 11.3. The van der Waals surface area contributed by atoms with E-state index < -0.39 is 11.9 Å². The number of oxime groups is 1. The fraction of sp³-hybridized carbons (Fsp3) is 0.444. The number of hydrogen-bond acceptors (Lipinski definition) is 5. The Morgan fingerprint density at radius 2 is 1.50 bits per heavy atom. The maximum Gasteiger partial charge on any atom is 0.335 e. The van der Waals surface area contributed by atoms with E-state index in [0.29, 0.717) is 29.0 Å². The van der Waals surface area contributed by atoms with Crippen molar-refractivity contribution in [2.24, 2.45) is 5.16 Å². The van der Waals surface area contributed by atoms with Crippen molar-refractivity contribution in [2.75, 3.05) is 6.61 Å². The Labute approximate surface area is 201 Å². The largest absolute Gasteiger partial charge is 0.493 e. The Morgan fingerprint density at radius 3 is 2.15 bits per heavy atom. The van der Waals surface area contributed by atoms with Crippen LogP contribution in [0.2, 0.25) is 0 Å². The van der Waals surface area contributed by atoms with Crippen LogP contribution < -0.4 is 4.74 Å². The number of carbonyl (C=O) groups is 2. The van der Waals surface area contributed by atoms with E-state index in [1.807, 2.05) is 0 Å². The fourth-order valence-electron chi connectivity index (χ4n) is 3.80. The summed E-state index contributed by atoms with van der Waals surface area (Å²) in [6.45, 7) is 2.76. The number of benzene rings is 2. The zero-order valence-electron chi connectivity index (χ0n) is 19.8. The van der Waals surface area contributed by atoms with E-state index in [-0.39, 0.29) is 24.1 Å². The molecule has 0 aliphatic carbocycles. The highest BCUT2D eigenvalue weighted by Crippen LogP contribution is 2.25. The van der Waals surface area contributed by atoms with E-state index in [1.165, 1.54) is 50.7 Å². The van der Waals surface area contributed by atoms with E-state index in [2.05, 4.69) is 12.1 Å². The zero-order valence-corrected chi connectivity index (χ0v) is 19.8. The predicted octanol–water partition coefficient (Wildman–Crippen LogP) is 6.15. The third-order valence-corrected chi connectivity index (χ3v) is 5.68. The molecule has 0 aliphatic heterocycles. The average molecular weight is 470 g/mol. The third-order valence-electron chi connectivity index (χ3n) is 5.68. The van der Waals surface area contributed by atoms with Crippen molar-refractivity contribution >= 4 is 17.7 Å². The number of nitrogens with zero attached hydrogens (tertiary/aromatic N) is 1. The number of carboxylic acids is 2. The van der Waals surface area contributed by atoms with E-state index >= 15 is 0 Å². The van der Waals surface area contributed by atoms with E-state index in [1.54, 1.807) is 30.3 Å². The van der Waals surface area contributed by atoms with Gasteiger partial charge < -0.3 is 20.2 Å². The Kier molecular flexibility index (Phi) is 11.7. The van der Waals surface area contributed by atoms with Gasteiger partial charge in [0.15, 0.2) is 0 Å². The van der Waals surface area contributed by atoms with Crippen LogP contribution in [0.15, 0.2) is 47.6 Å². The molecule has 3 N–H and O–H groups in total. The van der Waals surface area contributed by atoms with Gasteiger partial charge in [0.05, 0.1) is 12.2 Å². The normalized spacial score (nSPS) is 11.4. The molecule has 0 bridgehead atoms. The standard InChI is InChI=1S/C27H35NO6/c1-2-3-4-5-6-7-8-9-17-34-24-15-13-22(18-20(24)14-16-25(29)30)26(28-33)21-11-10-12-23(19-21)27(31)32/h10-13,15,18-19,33H,2-9,14,16-17H2,1H3,(H,29,30)(H,31,32)/b28-26-. The smallest absolute Gasteiger partial charge is 0.335 e. The number of hydrogen-bond donors (Lipinski definition) is 3. The van der Waals surface area contributed by atoms with Crippen LogP contribution in [-0.4, -0.2) is 39.7 Å². The summed E-state index contributed by atoms with van der Waals surface area (Å²) in [5.74, 6) is -1.37. The summed E-state index contributed by atoms with van der Waals surface area (Å²) in [6.07, 6.45) is 9.78. The second kappa shape index (κ2) is 14.7. The minimum absolute atomic E-state index is 0.0579. The molecular weight excluding hydrogens is 434 g/mol. The molecule has 0 fully saturated rings. The minimum Gasteiger partial charge on any atom is -0.493 e. The van der Waals surface area contributed by atoms with Crippen molar-refractivity contribution in [3.05, 3.63) is 64.7 Å². The molecule has 0 saturated carbocycles. The lowest BCUT2D eigenvalue weighted by Crippen LogP contribution is -2.08. The molecule has 0 amide bonds. The van der Waals surface area contributed by atoms with Gasteiger partial charge in [0.1, 0.15) is 11.5 Å². The number of aryl methyl sites for hydroxylation is 1. The van der Waals surface area contributed by atoms with Crippen LogP contribution in [0.25, 0.3) is 0 Å². The van der Waals surface area contributed by atoms with Crippen molar-refractivity contribution in [3.8, 4) is 5.75 Å². The number of ether oxygens (including phenoxy) is 1. The summed E-state index contributed by atoms with van der Waals surface area (Å²) in [7, 11) is 0. The van der Waals surface area contributed by atoms with Crippen LogP contribution in [0, 0.1) is 0 Å². The summed E-state index contributed by atoms with van der Waals surface area (Å²) >= 11 is 0. The number of unbranched alkanes of at least 4 members (excludes halogenated alkanes) is 7. The lowest BCUT2D eigenvalue weighted by molar-refractivity contribution is -0.136. The predicted molar refractivity (Wildman–Crippen MR) is 131 cm³/mol. The summed E-state index contributed by atoms with van der Waals surface area (Å²) in [4.78, 5) is 22.4. The maximum absolute atomic E-state index is 11.3. The summed E-state index contributed by atoms with van der Waals surface area (Å²) in [6, 6.07) is 11.4. The van der Waals surface area contributed by atoms with Gasteiger partial charge in [-0.15, -0.1) is 0 Å². The monoisotopic (exact) mass is 469 g/mol. The van der Waals surface area contributed by atoms with Gasteiger partial charge in [-0.1, -0.05) is 69.2 Å². The van der Waals surface area contributed by atoms with Gasteiger partial charge >= 0.3 is 11.9 Å². The molecule has 184 valence electrons. The van der Waals surface area contributed by atoms with Crippen molar-refractivity contribution in [1.29, 1.82) is 0 Å². The molecule has 2 rings (SSSR count). The van der Waals surface area contributed by atoms with Crippen LogP contribution in [0.5, 0.6) is 5.75 Å². The van der Waals surface area contributed by atoms with Crippen molar-refractivity contribution in [3.63, 3.8) is 0 Å². The minimum atomic E-state index is -1.08. The van der Waals surface area contributed by atoms with Gasteiger partial charge in [-0.3, -0.25) is 4.79 Å². The number of carboxylic acid groups (broad SMARTS) is 2. The topological polar surface area (TPSA) is 116 Å². The number of aromatic carboxylic acids is 1. The van der Waals surface area contributed by atoms with Gasteiger partial charge in [0.2, 0.25) is 0 Å². The van der Waals surface area contributed by atoms with Crippen molar-refractivity contribution in [2.45, 2.75) is 71.1 Å². The molecular formula is C27H35NO6. The molecule has 0 spiro atoms. The average Bonchev–Trinajstić information content (AvgIpc) is 2.83. The quantitative estimate of drug-likeness (QED) is 0.118. The van der Waals surface area contributed by atoms with Gasteiger partial charge in [0, 0.05) is 17.5 Å². The lowest BCUT2D eigenvalue weighted by atomic mass is 9.97. The molecule has 7 heteroatoms. The first-order chi connectivity index (χ1) is 16.5. The Morgan fingerprint density at radius 1 is 0.853 bits per heavy atom. The highest BCUT2D eigenvalue weighted by atomic mass is 16.5. The number of aliphatic carboxylic acids is 1. The Balaban J connectivity index is 2.08.